The van der Waals surface area contributed by atoms with Crippen LogP contribution in [-0.2, 0) is 15.0 Å². The molecule has 1 unspecified atom stereocenters. The van der Waals surface area contributed by atoms with Crippen LogP contribution in [0.5, 0.6) is 0 Å². The SMILES string of the molecule is CCOC(=O)c1cc2cc(C3CCOC(C)(C)C3)cc(F)c2n1[C@@]1(C(N)=NO)C[C@@H]1C. The van der Waals surface area contributed by atoms with Gasteiger partial charge in [-0.1, -0.05) is 12.1 Å². The Morgan fingerprint density at radius 3 is 2.68 bits per heavy atom. The molecule has 4 rings (SSSR count). The molecule has 0 spiro atoms. The van der Waals surface area contributed by atoms with Gasteiger partial charge < -0.3 is 25.0 Å². The predicted molar refractivity (Wildman–Crippen MR) is 115 cm³/mol. The normalized spacial score (nSPS) is 28.0. The zero-order valence-electron chi connectivity index (χ0n) is 18.4. The Kier molecular flexibility index (Phi) is 5.24. The monoisotopic (exact) mass is 431 g/mol. The summed E-state index contributed by atoms with van der Waals surface area (Å²) in [7, 11) is 0. The number of carbonyl (C=O) groups excluding carboxylic acids is 1. The predicted octanol–water partition coefficient (Wildman–Crippen LogP) is 4.11. The summed E-state index contributed by atoms with van der Waals surface area (Å²) in [5.74, 6) is -0.900. The van der Waals surface area contributed by atoms with Gasteiger partial charge in [0.1, 0.15) is 17.1 Å². The average Bonchev–Trinajstić information content (AvgIpc) is 3.22. The number of carbonyl (C=O) groups is 1. The molecule has 2 fully saturated rings. The number of nitrogens with zero attached hydrogens (tertiary/aromatic N) is 2. The second-order valence-corrected chi connectivity index (χ2v) is 9.34. The Balaban J connectivity index is 1.90. The number of amidine groups is 1. The van der Waals surface area contributed by atoms with Crippen molar-refractivity contribution in [2.45, 2.75) is 64.0 Å². The number of rotatable bonds is 5. The molecule has 3 N–H and O–H groups in total. The molecule has 168 valence electrons. The molecule has 2 aromatic rings. The second kappa shape index (κ2) is 7.51. The summed E-state index contributed by atoms with van der Waals surface area (Å²) >= 11 is 0. The molecule has 1 saturated heterocycles. The Morgan fingerprint density at radius 1 is 1.39 bits per heavy atom. The van der Waals surface area contributed by atoms with Gasteiger partial charge in [0.15, 0.2) is 5.84 Å². The summed E-state index contributed by atoms with van der Waals surface area (Å²) < 4.78 is 28.3. The third kappa shape index (κ3) is 3.46. The van der Waals surface area contributed by atoms with E-state index in [1.807, 2.05) is 26.8 Å². The van der Waals surface area contributed by atoms with Gasteiger partial charge in [0, 0.05) is 12.0 Å². The van der Waals surface area contributed by atoms with Crippen molar-refractivity contribution in [2.75, 3.05) is 13.2 Å². The number of fused-ring (bicyclic) bond motifs is 1. The first-order valence-electron chi connectivity index (χ1n) is 10.8. The number of ether oxygens (including phenoxy) is 2. The van der Waals surface area contributed by atoms with E-state index in [4.69, 9.17) is 15.2 Å². The number of esters is 1. The van der Waals surface area contributed by atoms with Gasteiger partial charge in [0.2, 0.25) is 0 Å². The van der Waals surface area contributed by atoms with Crippen molar-refractivity contribution < 1.29 is 23.9 Å². The fraction of sp³-hybridized carbons (Fsp3) is 0.565. The van der Waals surface area contributed by atoms with Crippen LogP contribution >= 0.6 is 0 Å². The van der Waals surface area contributed by atoms with Gasteiger partial charge >= 0.3 is 5.97 Å². The van der Waals surface area contributed by atoms with Crippen molar-refractivity contribution in [2.24, 2.45) is 16.8 Å². The Labute approximate surface area is 181 Å². The largest absolute Gasteiger partial charge is 0.461 e. The third-order valence-corrected chi connectivity index (χ3v) is 6.75. The average molecular weight is 432 g/mol. The number of hydrogen-bond acceptors (Lipinski definition) is 5. The minimum Gasteiger partial charge on any atom is -0.461 e. The van der Waals surface area contributed by atoms with E-state index in [0.29, 0.717) is 18.4 Å². The molecule has 2 heterocycles. The van der Waals surface area contributed by atoms with Gasteiger partial charge in [0.25, 0.3) is 0 Å². The van der Waals surface area contributed by atoms with Gasteiger partial charge in [-0.25, -0.2) is 9.18 Å². The molecule has 1 aliphatic carbocycles. The lowest BCUT2D eigenvalue weighted by Crippen LogP contribution is -2.38. The summed E-state index contributed by atoms with van der Waals surface area (Å²) in [6, 6.07) is 5.14. The van der Waals surface area contributed by atoms with Crippen LogP contribution in [-0.4, -0.2) is 40.4 Å². The highest BCUT2D eigenvalue weighted by molar-refractivity contribution is 6.00. The van der Waals surface area contributed by atoms with E-state index < -0.39 is 17.3 Å². The summed E-state index contributed by atoms with van der Waals surface area (Å²) in [4.78, 5) is 12.8. The lowest BCUT2D eigenvalue weighted by Gasteiger charge is -2.35. The lowest BCUT2D eigenvalue weighted by molar-refractivity contribution is -0.0593. The van der Waals surface area contributed by atoms with Gasteiger partial charge in [-0.2, -0.15) is 0 Å². The highest BCUT2D eigenvalue weighted by atomic mass is 19.1. The van der Waals surface area contributed by atoms with E-state index in [0.717, 1.165) is 18.4 Å². The highest BCUT2D eigenvalue weighted by Crippen LogP contribution is 2.53. The first-order valence-corrected chi connectivity index (χ1v) is 10.8. The molecule has 7 nitrogen and oxygen atoms in total. The molecule has 0 amide bonds. The second-order valence-electron chi connectivity index (χ2n) is 9.34. The Hall–Kier alpha value is -2.61. The van der Waals surface area contributed by atoms with Crippen LogP contribution in [0.4, 0.5) is 4.39 Å². The maximum atomic E-state index is 15.6. The van der Waals surface area contributed by atoms with Gasteiger partial charge in [0.05, 0.1) is 17.7 Å². The van der Waals surface area contributed by atoms with Gasteiger partial charge in [-0.3, -0.25) is 0 Å². The topological polar surface area (TPSA) is 99.1 Å². The number of nitrogens with two attached hydrogens (primary N) is 1. The molecule has 31 heavy (non-hydrogen) atoms. The molecule has 2 aliphatic rings. The van der Waals surface area contributed by atoms with E-state index in [2.05, 4.69) is 5.16 Å². The van der Waals surface area contributed by atoms with Crippen LogP contribution in [0.3, 0.4) is 0 Å². The van der Waals surface area contributed by atoms with Crippen molar-refractivity contribution in [3.05, 3.63) is 35.3 Å². The van der Waals surface area contributed by atoms with Gasteiger partial charge in [-0.05, 0) is 75.6 Å². The first kappa shape index (κ1) is 21.6. The van der Waals surface area contributed by atoms with E-state index in [9.17, 15) is 10.0 Å². The summed E-state index contributed by atoms with van der Waals surface area (Å²) in [6.45, 7) is 8.54. The number of oxime groups is 1. The quantitative estimate of drug-likeness (QED) is 0.244. The fourth-order valence-corrected chi connectivity index (χ4v) is 5.12. The molecule has 0 radical (unpaired) electrons. The number of benzene rings is 1. The maximum absolute atomic E-state index is 15.6. The molecular weight excluding hydrogens is 401 g/mol. The van der Waals surface area contributed by atoms with Crippen molar-refractivity contribution in [1.29, 1.82) is 0 Å². The Morgan fingerprint density at radius 2 is 2.10 bits per heavy atom. The van der Waals surface area contributed by atoms with Crippen LogP contribution < -0.4 is 5.73 Å². The van der Waals surface area contributed by atoms with E-state index in [-0.39, 0.29) is 41.1 Å². The summed E-state index contributed by atoms with van der Waals surface area (Å²) in [5.41, 5.74) is 6.18. The van der Waals surface area contributed by atoms with Crippen LogP contribution in [0.2, 0.25) is 0 Å². The minimum absolute atomic E-state index is 0.0254. The van der Waals surface area contributed by atoms with E-state index in [1.165, 1.54) is 0 Å². The smallest absolute Gasteiger partial charge is 0.355 e. The van der Waals surface area contributed by atoms with Crippen molar-refractivity contribution in [3.8, 4) is 0 Å². The molecule has 8 heteroatoms. The van der Waals surface area contributed by atoms with Crippen LogP contribution in [0.1, 0.15) is 68.9 Å². The molecule has 1 aliphatic heterocycles. The van der Waals surface area contributed by atoms with Gasteiger partial charge in [-0.15, -0.1) is 0 Å². The van der Waals surface area contributed by atoms with Crippen molar-refractivity contribution >= 4 is 22.7 Å². The molecule has 0 bridgehead atoms. The van der Waals surface area contributed by atoms with Crippen LogP contribution in [0.25, 0.3) is 10.9 Å². The summed E-state index contributed by atoms with van der Waals surface area (Å²) in [6.07, 6.45) is 2.13. The highest BCUT2D eigenvalue weighted by Gasteiger charge is 2.59. The zero-order valence-corrected chi connectivity index (χ0v) is 18.4. The fourth-order valence-electron chi connectivity index (χ4n) is 5.12. The molecule has 3 atom stereocenters. The lowest BCUT2D eigenvalue weighted by atomic mass is 9.83. The number of halogens is 1. The van der Waals surface area contributed by atoms with Crippen molar-refractivity contribution in [3.63, 3.8) is 0 Å². The van der Waals surface area contributed by atoms with Crippen LogP contribution in [0, 0.1) is 11.7 Å². The molecule has 1 aromatic heterocycles. The maximum Gasteiger partial charge on any atom is 0.355 e. The molecule has 1 saturated carbocycles. The molecular formula is C23H30FN3O4. The number of hydrogen-bond donors (Lipinski definition) is 2. The number of aromatic nitrogens is 1. The van der Waals surface area contributed by atoms with Crippen LogP contribution in [0.15, 0.2) is 23.4 Å². The third-order valence-electron chi connectivity index (χ3n) is 6.75. The van der Waals surface area contributed by atoms with E-state index in [1.54, 1.807) is 23.6 Å². The Bertz CT molecular complexity index is 1060. The van der Waals surface area contributed by atoms with Crippen molar-refractivity contribution in [1.82, 2.24) is 4.57 Å². The molecule has 1 aromatic carbocycles. The first-order chi connectivity index (χ1) is 14.6. The summed E-state index contributed by atoms with van der Waals surface area (Å²) in [5, 5.41) is 13.2. The van der Waals surface area contributed by atoms with E-state index >= 15 is 4.39 Å². The zero-order chi connectivity index (χ0) is 22.6. The minimum atomic E-state index is -0.957. The standard InChI is InChI=1S/C23H30FN3O4/c1-5-30-20(28)18-10-16-8-15(14-6-7-31-22(3,4)12-14)9-17(24)19(16)27(18)23(11-13(23)2)21(25)26-29/h8-10,13-14,29H,5-7,11-12H2,1-4H3,(H2,25,26)/t13-,14?,23-/m0/s1.